The molecule has 6 nitrogen and oxygen atoms in total. The van der Waals surface area contributed by atoms with Crippen molar-refractivity contribution in [2.75, 3.05) is 6.54 Å². The molecule has 0 aliphatic rings. The van der Waals surface area contributed by atoms with Gasteiger partial charge in [0.1, 0.15) is 12.2 Å². The van der Waals surface area contributed by atoms with E-state index in [1.165, 1.54) is 6.33 Å². The van der Waals surface area contributed by atoms with Crippen LogP contribution in [0.25, 0.3) is 0 Å². The van der Waals surface area contributed by atoms with E-state index >= 15 is 0 Å². The van der Waals surface area contributed by atoms with Gasteiger partial charge in [-0.15, -0.1) is 12.3 Å². The van der Waals surface area contributed by atoms with E-state index in [1.54, 1.807) is 0 Å². The lowest BCUT2D eigenvalue weighted by molar-refractivity contribution is -0.122. The number of nitrogens with one attached hydrogen (secondary N) is 2. The molecule has 4 N–H and O–H groups in total. The minimum atomic E-state index is -0.635. The van der Waals surface area contributed by atoms with Crippen LogP contribution in [0.15, 0.2) is 6.33 Å². The largest absolute Gasteiger partial charge is 0.354 e. The second-order valence-electron chi connectivity index (χ2n) is 2.99. The van der Waals surface area contributed by atoms with Gasteiger partial charge in [0.25, 0.3) is 0 Å². The maximum Gasteiger partial charge on any atom is 0.237 e. The van der Waals surface area contributed by atoms with Crippen LogP contribution in [-0.4, -0.2) is 33.7 Å². The summed E-state index contributed by atoms with van der Waals surface area (Å²) >= 11 is 0. The fraction of sp³-hybridized carbons (Fsp3) is 0.444. The zero-order valence-corrected chi connectivity index (χ0v) is 8.23. The summed E-state index contributed by atoms with van der Waals surface area (Å²) in [5.74, 6) is 2.82. The molecule has 1 unspecified atom stereocenters. The molecule has 0 fully saturated rings. The lowest BCUT2D eigenvalue weighted by Crippen LogP contribution is -2.41. The SMILES string of the molecule is C#CCC(N)C(=O)NCCc1ncn[nH]1. The lowest BCUT2D eigenvalue weighted by Gasteiger charge is -2.08. The van der Waals surface area contributed by atoms with Crippen LogP contribution in [0.1, 0.15) is 12.2 Å². The molecule has 0 radical (unpaired) electrons. The summed E-state index contributed by atoms with van der Waals surface area (Å²) in [5, 5.41) is 9.03. The van der Waals surface area contributed by atoms with Gasteiger partial charge in [0.05, 0.1) is 6.04 Å². The van der Waals surface area contributed by atoms with Crippen molar-refractivity contribution in [3.05, 3.63) is 12.2 Å². The molecule has 0 saturated carbocycles. The Morgan fingerprint density at radius 3 is 3.20 bits per heavy atom. The van der Waals surface area contributed by atoms with Crippen LogP contribution < -0.4 is 11.1 Å². The third-order valence-electron chi connectivity index (χ3n) is 1.80. The lowest BCUT2D eigenvalue weighted by atomic mass is 10.2. The molecule has 0 aromatic carbocycles. The highest BCUT2D eigenvalue weighted by molar-refractivity contribution is 5.81. The van der Waals surface area contributed by atoms with E-state index < -0.39 is 6.04 Å². The van der Waals surface area contributed by atoms with Gasteiger partial charge in [0, 0.05) is 19.4 Å². The number of aromatic amines is 1. The van der Waals surface area contributed by atoms with Gasteiger partial charge in [-0.05, 0) is 0 Å². The van der Waals surface area contributed by atoms with Gasteiger partial charge in [0.2, 0.25) is 5.91 Å². The van der Waals surface area contributed by atoms with E-state index in [-0.39, 0.29) is 12.3 Å². The fourth-order valence-corrected chi connectivity index (χ4v) is 1.01. The van der Waals surface area contributed by atoms with Crippen molar-refractivity contribution in [1.29, 1.82) is 0 Å². The third-order valence-corrected chi connectivity index (χ3v) is 1.80. The molecule has 1 aromatic heterocycles. The molecule has 1 aromatic rings. The van der Waals surface area contributed by atoms with E-state index in [1.807, 2.05) is 0 Å². The molecule has 80 valence electrons. The van der Waals surface area contributed by atoms with E-state index in [0.717, 1.165) is 5.82 Å². The van der Waals surface area contributed by atoms with Crippen LogP contribution in [0.3, 0.4) is 0 Å². The van der Waals surface area contributed by atoms with E-state index in [9.17, 15) is 4.79 Å². The number of aromatic nitrogens is 3. The fourth-order valence-electron chi connectivity index (χ4n) is 1.01. The highest BCUT2D eigenvalue weighted by Gasteiger charge is 2.10. The average molecular weight is 207 g/mol. The zero-order chi connectivity index (χ0) is 11.1. The number of hydrogen-bond donors (Lipinski definition) is 3. The van der Waals surface area contributed by atoms with Gasteiger partial charge in [-0.25, -0.2) is 4.98 Å². The number of terminal acetylenes is 1. The highest BCUT2D eigenvalue weighted by Crippen LogP contribution is 1.88. The second kappa shape index (κ2) is 5.78. The van der Waals surface area contributed by atoms with Gasteiger partial charge >= 0.3 is 0 Å². The van der Waals surface area contributed by atoms with E-state index in [2.05, 4.69) is 26.4 Å². The molecule has 0 aliphatic carbocycles. The predicted octanol–water partition coefficient (Wildman–Crippen LogP) is -1.19. The summed E-state index contributed by atoms with van der Waals surface area (Å²) in [7, 11) is 0. The van der Waals surface area contributed by atoms with E-state index in [0.29, 0.717) is 13.0 Å². The summed E-state index contributed by atoms with van der Waals surface area (Å²) in [6.07, 6.45) is 7.29. The monoisotopic (exact) mass is 207 g/mol. The smallest absolute Gasteiger partial charge is 0.237 e. The van der Waals surface area contributed by atoms with Crippen molar-refractivity contribution in [1.82, 2.24) is 20.5 Å². The molecule has 1 rings (SSSR count). The molecule has 1 amide bonds. The standard InChI is InChI=1S/C9H13N5O/c1-2-3-7(10)9(15)11-5-4-8-12-6-13-14-8/h1,6-7H,3-5,10H2,(H,11,15)(H,12,13,14). The average Bonchev–Trinajstić information content (AvgIpc) is 2.71. The maximum absolute atomic E-state index is 11.3. The molecule has 6 heteroatoms. The number of nitrogens with zero attached hydrogens (tertiary/aromatic N) is 2. The first-order valence-electron chi connectivity index (χ1n) is 4.55. The van der Waals surface area contributed by atoms with Gasteiger partial charge < -0.3 is 11.1 Å². The van der Waals surface area contributed by atoms with Gasteiger partial charge in [-0.2, -0.15) is 5.10 Å². The summed E-state index contributed by atoms with van der Waals surface area (Å²) in [4.78, 5) is 15.2. The Hall–Kier alpha value is -1.87. The van der Waals surface area contributed by atoms with Crippen LogP contribution >= 0.6 is 0 Å². The summed E-state index contributed by atoms with van der Waals surface area (Å²) < 4.78 is 0. The minimum absolute atomic E-state index is 0.243. The van der Waals surface area contributed by atoms with Crippen molar-refractivity contribution in [2.24, 2.45) is 5.73 Å². The first-order valence-corrected chi connectivity index (χ1v) is 4.55. The van der Waals surface area contributed by atoms with Crippen molar-refractivity contribution in [3.8, 4) is 12.3 Å². The van der Waals surface area contributed by atoms with E-state index in [4.69, 9.17) is 12.2 Å². The number of amides is 1. The summed E-state index contributed by atoms with van der Waals surface area (Å²) in [5.41, 5.74) is 5.50. The van der Waals surface area contributed by atoms with Crippen LogP contribution in [-0.2, 0) is 11.2 Å². The summed E-state index contributed by atoms with van der Waals surface area (Å²) in [6.45, 7) is 0.465. The Bertz CT molecular complexity index is 340. The van der Waals surface area contributed by atoms with Crippen LogP contribution in [0.4, 0.5) is 0 Å². The molecular formula is C9H13N5O. The molecule has 0 bridgehead atoms. The zero-order valence-electron chi connectivity index (χ0n) is 8.23. The van der Waals surface area contributed by atoms with Crippen molar-refractivity contribution >= 4 is 5.91 Å². The molecule has 15 heavy (non-hydrogen) atoms. The van der Waals surface area contributed by atoms with Crippen LogP contribution in [0.2, 0.25) is 0 Å². The molecule has 0 saturated heterocycles. The Morgan fingerprint density at radius 1 is 1.80 bits per heavy atom. The Morgan fingerprint density at radius 2 is 2.60 bits per heavy atom. The number of rotatable bonds is 5. The normalized spacial score (nSPS) is 11.7. The topological polar surface area (TPSA) is 96.7 Å². The number of carbonyl (C=O) groups is 1. The molecule has 1 heterocycles. The number of nitrogens with two attached hydrogens (primary N) is 1. The number of H-pyrrole nitrogens is 1. The van der Waals surface area contributed by atoms with Crippen molar-refractivity contribution in [2.45, 2.75) is 18.9 Å². The van der Waals surface area contributed by atoms with Crippen molar-refractivity contribution in [3.63, 3.8) is 0 Å². The number of carbonyl (C=O) groups excluding carboxylic acids is 1. The van der Waals surface area contributed by atoms with Gasteiger partial charge in [-0.1, -0.05) is 0 Å². The van der Waals surface area contributed by atoms with Crippen LogP contribution in [0.5, 0.6) is 0 Å². The molecular weight excluding hydrogens is 194 g/mol. The molecule has 0 spiro atoms. The molecule has 0 aliphatic heterocycles. The quantitative estimate of drug-likeness (QED) is 0.529. The van der Waals surface area contributed by atoms with Gasteiger partial charge in [-0.3, -0.25) is 9.89 Å². The van der Waals surface area contributed by atoms with Gasteiger partial charge in [0.15, 0.2) is 0 Å². The maximum atomic E-state index is 11.3. The summed E-state index contributed by atoms with van der Waals surface area (Å²) in [6, 6.07) is -0.635. The number of hydrogen-bond acceptors (Lipinski definition) is 4. The first-order chi connectivity index (χ1) is 7.24. The van der Waals surface area contributed by atoms with Crippen molar-refractivity contribution < 1.29 is 4.79 Å². The van der Waals surface area contributed by atoms with Crippen LogP contribution in [0, 0.1) is 12.3 Å². The Labute approximate surface area is 87.7 Å². The minimum Gasteiger partial charge on any atom is -0.354 e. The Kier molecular flexibility index (Phi) is 4.31. The highest BCUT2D eigenvalue weighted by atomic mass is 16.2. The predicted molar refractivity (Wildman–Crippen MR) is 54.5 cm³/mol. The Balaban J connectivity index is 2.20. The second-order valence-corrected chi connectivity index (χ2v) is 2.99. The third kappa shape index (κ3) is 3.79. The first kappa shape index (κ1) is 11.2. The molecule has 1 atom stereocenters.